The van der Waals surface area contributed by atoms with Crippen LogP contribution in [0.4, 0.5) is 0 Å². The highest BCUT2D eigenvalue weighted by atomic mass is 35.5. The van der Waals surface area contributed by atoms with Crippen LogP contribution in [-0.4, -0.2) is 66.2 Å². The zero-order chi connectivity index (χ0) is 16.8. The Bertz CT molecular complexity index is 516. The van der Waals surface area contributed by atoms with Crippen molar-refractivity contribution in [2.24, 2.45) is 0 Å². The molecule has 0 saturated carbocycles. The topological polar surface area (TPSA) is 55.8 Å². The van der Waals surface area contributed by atoms with Crippen molar-refractivity contribution in [3.63, 3.8) is 0 Å². The summed E-state index contributed by atoms with van der Waals surface area (Å²) in [6.07, 6.45) is -0.304. The molecule has 2 rings (SSSR count). The predicted octanol–water partition coefficient (Wildman–Crippen LogP) is 1.52. The summed E-state index contributed by atoms with van der Waals surface area (Å²) < 4.78 is 0. The van der Waals surface area contributed by atoms with Crippen LogP contribution < -0.4 is 5.32 Å². The molecule has 128 valence electrons. The number of carbonyl (C=O) groups excluding carboxylic acids is 1. The number of halogens is 1. The average Bonchev–Trinajstić information content (AvgIpc) is 2.49. The summed E-state index contributed by atoms with van der Waals surface area (Å²) in [6, 6.07) is 7.47. The first kappa shape index (κ1) is 18.2. The SMILES string of the molecule is C[C@H](NC(=O)CN1CCN(C[C@@H](C)O)CC1)c1ccccc1Cl. The van der Waals surface area contributed by atoms with E-state index in [0.717, 1.165) is 31.7 Å². The van der Waals surface area contributed by atoms with E-state index in [9.17, 15) is 9.90 Å². The minimum Gasteiger partial charge on any atom is -0.392 e. The number of rotatable bonds is 6. The monoisotopic (exact) mass is 339 g/mol. The molecule has 1 aliphatic rings. The molecule has 2 N–H and O–H groups in total. The van der Waals surface area contributed by atoms with Gasteiger partial charge in [-0.05, 0) is 25.5 Å². The molecule has 5 nitrogen and oxygen atoms in total. The fourth-order valence-corrected chi connectivity index (χ4v) is 3.20. The lowest BCUT2D eigenvalue weighted by Crippen LogP contribution is -2.50. The summed E-state index contributed by atoms with van der Waals surface area (Å²) in [5.74, 6) is 0.0152. The van der Waals surface area contributed by atoms with Gasteiger partial charge >= 0.3 is 0 Å². The predicted molar refractivity (Wildman–Crippen MR) is 92.6 cm³/mol. The van der Waals surface area contributed by atoms with Gasteiger partial charge in [0.05, 0.1) is 18.7 Å². The lowest BCUT2D eigenvalue weighted by molar-refractivity contribution is -0.123. The average molecular weight is 340 g/mol. The van der Waals surface area contributed by atoms with E-state index in [-0.39, 0.29) is 18.1 Å². The Labute approximate surface area is 143 Å². The molecule has 0 aromatic heterocycles. The summed E-state index contributed by atoms with van der Waals surface area (Å²) in [7, 11) is 0. The van der Waals surface area contributed by atoms with Crippen molar-refractivity contribution in [2.45, 2.75) is 26.0 Å². The molecule has 0 spiro atoms. The standard InChI is InChI=1S/C17H26ClN3O2/c1-13(22)11-20-7-9-21(10-8-20)12-17(23)19-14(2)15-5-3-4-6-16(15)18/h3-6,13-14,22H,7-12H2,1-2H3,(H,19,23)/t13-,14+/m1/s1. The van der Waals surface area contributed by atoms with Gasteiger partial charge in [0.1, 0.15) is 0 Å². The molecule has 1 amide bonds. The Kier molecular flexibility index (Phi) is 6.84. The van der Waals surface area contributed by atoms with Crippen LogP contribution in [0.3, 0.4) is 0 Å². The van der Waals surface area contributed by atoms with Crippen molar-refractivity contribution >= 4 is 17.5 Å². The lowest BCUT2D eigenvalue weighted by Gasteiger charge is -2.35. The van der Waals surface area contributed by atoms with Crippen molar-refractivity contribution < 1.29 is 9.90 Å². The number of piperazine rings is 1. The maximum atomic E-state index is 12.2. The number of amides is 1. The van der Waals surface area contributed by atoms with E-state index in [0.29, 0.717) is 18.1 Å². The highest BCUT2D eigenvalue weighted by Crippen LogP contribution is 2.21. The van der Waals surface area contributed by atoms with Gasteiger partial charge in [0.25, 0.3) is 0 Å². The zero-order valence-corrected chi connectivity index (χ0v) is 14.6. The van der Waals surface area contributed by atoms with Crippen LogP contribution in [-0.2, 0) is 4.79 Å². The highest BCUT2D eigenvalue weighted by molar-refractivity contribution is 6.31. The minimum atomic E-state index is -0.304. The molecule has 0 aliphatic carbocycles. The lowest BCUT2D eigenvalue weighted by atomic mass is 10.1. The number of aliphatic hydroxyl groups excluding tert-OH is 1. The van der Waals surface area contributed by atoms with Gasteiger partial charge in [-0.15, -0.1) is 0 Å². The Morgan fingerprint density at radius 1 is 1.22 bits per heavy atom. The number of carbonyl (C=O) groups is 1. The minimum absolute atomic E-state index is 0.0152. The van der Waals surface area contributed by atoms with E-state index >= 15 is 0 Å². The first-order chi connectivity index (χ1) is 11.0. The number of hydrogen-bond acceptors (Lipinski definition) is 4. The third-order valence-electron chi connectivity index (χ3n) is 4.10. The molecule has 0 radical (unpaired) electrons. The van der Waals surface area contributed by atoms with Gasteiger partial charge in [0, 0.05) is 37.7 Å². The van der Waals surface area contributed by atoms with Gasteiger partial charge < -0.3 is 10.4 Å². The largest absolute Gasteiger partial charge is 0.392 e. The first-order valence-electron chi connectivity index (χ1n) is 8.12. The molecule has 0 unspecified atom stereocenters. The maximum Gasteiger partial charge on any atom is 0.234 e. The second-order valence-corrected chi connectivity index (χ2v) is 6.64. The van der Waals surface area contributed by atoms with Crippen molar-refractivity contribution in [2.75, 3.05) is 39.3 Å². The van der Waals surface area contributed by atoms with E-state index < -0.39 is 0 Å². The zero-order valence-electron chi connectivity index (χ0n) is 13.8. The Balaban J connectivity index is 1.76. The van der Waals surface area contributed by atoms with E-state index in [2.05, 4.69) is 15.1 Å². The number of benzene rings is 1. The number of β-amino-alcohol motifs (C(OH)–C–C–N with tert-alkyl or cyclic N) is 1. The number of nitrogens with zero attached hydrogens (tertiary/aromatic N) is 2. The van der Waals surface area contributed by atoms with Crippen molar-refractivity contribution in [1.82, 2.24) is 15.1 Å². The van der Waals surface area contributed by atoms with Crippen LogP contribution in [0, 0.1) is 0 Å². The van der Waals surface area contributed by atoms with Crippen LogP contribution in [0.5, 0.6) is 0 Å². The molecule has 1 saturated heterocycles. The molecule has 1 heterocycles. The first-order valence-corrected chi connectivity index (χ1v) is 8.50. The number of aliphatic hydroxyl groups is 1. The Morgan fingerprint density at radius 2 is 1.83 bits per heavy atom. The third-order valence-corrected chi connectivity index (χ3v) is 4.45. The van der Waals surface area contributed by atoms with Crippen LogP contribution in [0.25, 0.3) is 0 Å². The van der Waals surface area contributed by atoms with E-state index in [1.807, 2.05) is 31.2 Å². The molecule has 6 heteroatoms. The Morgan fingerprint density at radius 3 is 2.43 bits per heavy atom. The summed E-state index contributed by atoms with van der Waals surface area (Å²) >= 11 is 6.16. The van der Waals surface area contributed by atoms with Crippen molar-refractivity contribution in [3.05, 3.63) is 34.9 Å². The second kappa shape index (κ2) is 8.64. The molecular formula is C17H26ClN3O2. The number of hydrogen-bond donors (Lipinski definition) is 2. The normalized spacial score (nSPS) is 19.3. The Hall–Kier alpha value is -1.14. The highest BCUT2D eigenvalue weighted by Gasteiger charge is 2.20. The molecule has 1 aromatic rings. The number of nitrogens with one attached hydrogen (secondary N) is 1. The van der Waals surface area contributed by atoms with Gasteiger partial charge in [-0.25, -0.2) is 0 Å². The van der Waals surface area contributed by atoms with Gasteiger partial charge in [-0.2, -0.15) is 0 Å². The van der Waals surface area contributed by atoms with E-state index in [1.165, 1.54) is 0 Å². The fourth-order valence-electron chi connectivity index (χ4n) is 2.90. The van der Waals surface area contributed by atoms with Gasteiger partial charge in [-0.1, -0.05) is 29.8 Å². The summed E-state index contributed by atoms with van der Waals surface area (Å²) in [5, 5.41) is 13.1. The van der Waals surface area contributed by atoms with Crippen LogP contribution in [0.2, 0.25) is 5.02 Å². The summed E-state index contributed by atoms with van der Waals surface area (Å²) in [6.45, 7) is 8.31. The third kappa shape index (κ3) is 5.77. The van der Waals surface area contributed by atoms with Gasteiger partial charge in [-0.3, -0.25) is 14.6 Å². The van der Waals surface area contributed by atoms with E-state index in [1.54, 1.807) is 6.92 Å². The molecule has 0 bridgehead atoms. The molecule has 1 aromatic carbocycles. The summed E-state index contributed by atoms with van der Waals surface area (Å²) in [4.78, 5) is 16.6. The fraction of sp³-hybridized carbons (Fsp3) is 0.588. The quantitative estimate of drug-likeness (QED) is 0.825. The van der Waals surface area contributed by atoms with Crippen LogP contribution >= 0.6 is 11.6 Å². The molecule has 23 heavy (non-hydrogen) atoms. The van der Waals surface area contributed by atoms with Crippen molar-refractivity contribution in [3.8, 4) is 0 Å². The summed E-state index contributed by atoms with van der Waals surface area (Å²) in [5.41, 5.74) is 0.935. The van der Waals surface area contributed by atoms with Crippen LogP contribution in [0.15, 0.2) is 24.3 Å². The molecule has 1 fully saturated rings. The molecule has 2 atom stereocenters. The smallest absolute Gasteiger partial charge is 0.234 e. The van der Waals surface area contributed by atoms with Gasteiger partial charge in [0.2, 0.25) is 5.91 Å². The maximum absolute atomic E-state index is 12.2. The van der Waals surface area contributed by atoms with E-state index in [4.69, 9.17) is 11.6 Å². The van der Waals surface area contributed by atoms with Crippen molar-refractivity contribution in [1.29, 1.82) is 0 Å². The second-order valence-electron chi connectivity index (χ2n) is 6.24. The molecule has 1 aliphatic heterocycles. The molecular weight excluding hydrogens is 314 g/mol. The van der Waals surface area contributed by atoms with Gasteiger partial charge in [0.15, 0.2) is 0 Å². The van der Waals surface area contributed by atoms with Crippen LogP contribution in [0.1, 0.15) is 25.5 Å².